The summed E-state index contributed by atoms with van der Waals surface area (Å²) in [7, 11) is 0. The summed E-state index contributed by atoms with van der Waals surface area (Å²) in [6.45, 7) is 2.42. The zero-order chi connectivity index (χ0) is 10.4. The van der Waals surface area contributed by atoms with E-state index in [0.717, 1.165) is 22.6 Å². The van der Waals surface area contributed by atoms with Crippen LogP contribution in [0.25, 0.3) is 0 Å². The molecule has 4 nitrogen and oxygen atoms in total. The van der Waals surface area contributed by atoms with Crippen LogP contribution < -0.4 is 9.47 Å². The minimum absolute atomic E-state index is 0.179. The average Bonchev–Trinajstić information content (AvgIpc) is 2.68. The maximum Gasteiger partial charge on any atom is 0.313 e. The van der Waals surface area contributed by atoms with Crippen LogP contribution in [0.15, 0.2) is 12.1 Å². The summed E-state index contributed by atoms with van der Waals surface area (Å²) in [4.78, 5) is 11.4. The van der Waals surface area contributed by atoms with Crippen LogP contribution in [-0.2, 0) is 16.1 Å². The quantitative estimate of drug-likeness (QED) is 0.604. The number of carbonyl (C=O) groups is 1. The Morgan fingerprint density at radius 1 is 1.20 bits per heavy atom. The van der Waals surface area contributed by atoms with Gasteiger partial charge in [0.15, 0.2) is 11.5 Å². The lowest BCUT2D eigenvalue weighted by atomic mass is 9.93. The molecule has 4 heteroatoms. The fraction of sp³-hybridized carbons (Fsp3) is 0.364. The van der Waals surface area contributed by atoms with Gasteiger partial charge in [-0.15, -0.1) is 0 Å². The topological polar surface area (TPSA) is 44.8 Å². The van der Waals surface area contributed by atoms with Crippen molar-refractivity contribution in [2.24, 2.45) is 0 Å². The fourth-order valence-electron chi connectivity index (χ4n) is 1.93. The van der Waals surface area contributed by atoms with Gasteiger partial charge in [-0.05, 0) is 30.2 Å². The van der Waals surface area contributed by atoms with E-state index >= 15 is 0 Å². The highest BCUT2D eigenvalue weighted by molar-refractivity contribution is 5.80. The molecular weight excluding hydrogens is 196 g/mol. The highest BCUT2D eigenvalue weighted by Crippen LogP contribution is 2.39. The lowest BCUT2D eigenvalue weighted by molar-refractivity contribution is -0.147. The van der Waals surface area contributed by atoms with Crippen molar-refractivity contribution in [3.63, 3.8) is 0 Å². The second kappa shape index (κ2) is 2.89. The van der Waals surface area contributed by atoms with Gasteiger partial charge in [0.2, 0.25) is 6.79 Å². The normalized spacial score (nSPS) is 22.2. The number of cyclic esters (lactones) is 1. The van der Waals surface area contributed by atoms with Crippen molar-refractivity contribution in [2.75, 3.05) is 6.79 Å². The summed E-state index contributed by atoms with van der Waals surface area (Å²) in [5, 5.41) is 0. The van der Waals surface area contributed by atoms with Gasteiger partial charge in [0.1, 0.15) is 6.61 Å². The highest BCUT2D eigenvalue weighted by Gasteiger charge is 2.28. The van der Waals surface area contributed by atoms with Gasteiger partial charge >= 0.3 is 5.97 Å². The molecule has 0 aliphatic carbocycles. The Morgan fingerprint density at radius 2 is 1.93 bits per heavy atom. The van der Waals surface area contributed by atoms with Crippen molar-refractivity contribution in [3.05, 3.63) is 23.3 Å². The van der Waals surface area contributed by atoms with Crippen LogP contribution >= 0.6 is 0 Å². The number of fused-ring (bicyclic) bond motifs is 2. The summed E-state index contributed by atoms with van der Waals surface area (Å²) in [5.74, 6) is 1.05. The second-order valence-electron chi connectivity index (χ2n) is 3.73. The lowest BCUT2D eigenvalue weighted by Crippen LogP contribution is -2.20. The Bertz CT molecular complexity index is 438. The van der Waals surface area contributed by atoms with Crippen LogP contribution in [0, 0.1) is 0 Å². The first-order valence-electron chi connectivity index (χ1n) is 4.85. The van der Waals surface area contributed by atoms with Crippen LogP contribution in [0.3, 0.4) is 0 Å². The number of esters is 1. The van der Waals surface area contributed by atoms with Crippen molar-refractivity contribution >= 4 is 5.97 Å². The van der Waals surface area contributed by atoms with Crippen molar-refractivity contribution in [3.8, 4) is 11.5 Å². The summed E-state index contributed by atoms with van der Waals surface area (Å²) >= 11 is 0. The standard InChI is InChI=1S/C11H10O4/c1-6-8-3-10-9(14-5-15-10)2-7(8)4-13-11(6)12/h2-3,6H,4-5H2,1H3. The molecule has 0 spiro atoms. The number of rotatable bonds is 0. The minimum atomic E-state index is -0.219. The van der Waals surface area contributed by atoms with Gasteiger partial charge in [-0.25, -0.2) is 0 Å². The molecule has 0 bridgehead atoms. The minimum Gasteiger partial charge on any atom is -0.460 e. The molecule has 2 heterocycles. The lowest BCUT2D eigenvalue weighted by Gasteiger charge is -2.21. The molecule has 2 aliphatic rings. The summed E-state index contributed by atoms with van der Waals surface area (Å²) in [5.41, 5.74) is 1.99. The highest BCUT2D eigenvalue weighted by atomic mass is 16.7. The van der Waals surface area contributed by atoms with E-state index in [1.807, 2.05) is 19.1 Å². The maximum atomic E-state index is 11.4. The molecular formula is C11H10O4. The van der Waals surface area contributed by atoms with E-state index in [9.17, 15) is 4.79 Å². The number of hydrogen-bond acceptors (Lipinski definition) is 4. The van der Waals surface area contributed by atoms with Crippen molar-refractivity contribution < 1.29 is 19.0 Å². The summed E-state index contributed by atoms with van der Waals surface area (Å²) < 4.78 is 15.6. The Hall–Kier alpha value is -1.71. The Kier molecular flexibility index (Phi) is 1.65. The molecule has 0 saturated heterocycles. The zero-order valence-corrected chi connectivity index (χ0v) is 8.28. The van der Waals surface area contributed by atoms with Gasteiger partial charge < -0.3 is 14.2 Å². The molecule has 1 aromatic rings. The van der Waals surface area contributed by atoms with E-state index in [1.165, 1.54) is 0 Å². The van der Waals surface area contributed by atoms with E-state index in [1.54, 1.807) is 0 Å². The summed E-state index contributed by atoms with van der Waals surface area (Å²) in [6, 6.07) is 3.77. The van der Waals surface area contributed by atoms with Crippen molar-refractivity contribution in [1.29, 1.82) is 0 Å². The Labute approximate surface area is 86.7 Å². The molecule has 1 aromatic carbocycles. The first kappa shape index (κ1) is 8.59. The largest absolute Gasteiger partial charge is 0.460 e. The van der Waals surface area contributed by atoms with Crippen LogP contribution in [0.5, 0.6) is 11.5 Å². The molecule has 2 aliphatic heterocycles. The predicted octanol–water partition coefficient (Wildman–Crippen LogP) is 1.58. The number of hydrogen-bond donors (Lipinski definition) is 0. The second-order valence-corrected chi connectivity index (χ2v) is 3.73. The molecule has 78 valence electrons. The van der Waals surface area contributed by atoms with E-state index in [0.29, 0.717) is 6.61 Å². The maximum absolute atomic E-state index is 11.4. The molecule has 0 amide bonds. The van der Waals surface area contributed by atoms with Gasteiger partial charge in [-0.2, -0.15) is 0 Å². The third kappa shape index (κ3) is 1.17. The van der Waals surface area contributed by atoms with Gasteiger partial charge in [-0.1, -0.05) is 0 Å². The fourth-order valence-corrected chi connectivity index (χ4v) is 1.93. The number of benzene rings is 1. The molecule has 0 aromatic heterocycles. The number of carbonyl (C=O) groups excluding carboxylic acids is 1. The van der Waals surface area contributed by atoms with E-state index in [2.05, 4.69) is 0 Å². The first-order chi connectivity index (χ1) is 7.25. The van der Waals surface area contributed by atoms with E-state index in [4.69, 9.17) is 14.2 Å². The molecule has 15 heavy (non-hydrogen) atoms. The summed E-state index contributed by atoms with van der Waals surface area (Å²) in [6.07, 6.45) is 0. The van der Waals surface area contributed by atoms with E-state index in [-0.39, 0.29) is 18.7 Å². The molecule has 0 saturated carbocycles. The third-order valence-corrected chi connectivity index (χ3v) is 2.82. The van der Waals surface area contributed by atoms with E-state index < -0.39 is 0 Å². The molecule has 1 unspecified atom stereocenters. The van der Waals surface area contributed by atoms with Crippen LogP contribution in [0.4, 0.5) is 0 Å². The average molecular weight is 206 g/mol. The van der Waals surface area contributed by atoms with Gasteiger partial charge in [0, 0.05) is 0 Å². The molecule has 3 rings (SSSR count). The molecule has 0 fully saturated rings. The van der Waals surface area contributed by atoms with Crippen LogP contribution in [0.1, 0.15) is 24.0 Å². The third-order valence-electron chi connectivity index (χ3n) is 2.82. The van der Waals surface area contributed by atoms with Gasteiger partial charge in [-0.3, -0.25) is 4.79 Å². The SMILES string of the molecule is CC1C(=O)OCc2cc3c(cc21)OCO3. The number of ether oxygens (including phenoxy) is 3. The van der Waals surface area contributed by atoms with Gasteiger partial charge in [0.05, 0.1) is 5.92 Å². The van der Waals surface area contributed by atoms with Crippen LogP contribution in [-0.4, -0.2) is 12.8 Å². The smallest absolute Gasteiger partial charge is 0.313 e. The van der Waals surface area contributed by atoms with Crippen molar-refractivity contribution in [1.82, 2.24) is 0 Å². The molecule has 0 N–H and O–H groups in total. The monoisotopic (exact) mass is 206 g/mol. The first-order valence-corrected chi connectivity index (χ1v) is 4.85. The molecule has 1 atom stereocenters. The van der Waals surface area contributed by atoms with Crippen molar-refractivity contribution in [2.45, 2.75) is 19.4 Å². The molecule has 0 radical (unpaired) electrons. The Morgan fingerprint density at radius 3 is 2.73 bits per heavy atom. The Balaban J connectivity index is 2.13. The predicted molar refractivity (Wildman–Crippen MR) is 50.8 cm³/mol. The van der Waals surface area contributed by atoms with Gasteiger partial charge in [0.25, 0.3) is 0 Å². The zero-order valence-electron chi connectivity index (χ0n) is 8.28. The van der Waals surface area contributed by atoms with Crippen LogP contribution in [0.2, 0.25) is 0 Å².